The van der Waals surface area contributed by atoms with E-state index in [1.165, 1.54) is 4.90 Å². The summed E-state index contributed by atoms with van der Waals surface area (Å²) in [5, 5.41) is 0. The number of nitrogens with zero attached hydrogens (tertiary/aromatic N) is 1. The zero-order chi connectivity index (χ0) is 11.2. The SMILES string of the molecule is C=C(N1CCOCC1)C(F)(F)F.CC. The molecule has 1 rings (SSSR count). The quantitative estimate of drug-likeness (QED) is 0.660. The Bertz CT molecular complexity index is 173. The second kappa shape index (κ2) is 5.90. The van der Waals surface area contributed by atoms with Crippen molar-refractivity contribution in [2.75, 3.05) is 26.3 Å². The summed E-state index contributed by atoms with van der Waals surface area (Å²) >= 11 is 0. The molecule has 1 heterocycles. The van der Waals surface area contributed by atoms with Crippen molar-refractivity contribution in [2.24, 2.45) is 0 Å². The van der Waals surface area contributed by atoms with Crippen molar-refractivity contribution >= 4 is 0 Å². The maximum atomic E-state index is 12.1. The van der Waals surface area contributed by atoms with E-state index in [0.717, 1.165) is 0 Å². The molecule has 1 saturated heterocycles. The predicted molar refractivity (Wildman–Crippen MR) is 48.9 cm³/mol. The first-order valence-electron chi connectivity index (χ1n) is 4.60. The minimum atomic E-state index is -4.31. The van der Waals surface area contributed by atoms with Gasteiger partial charge in [-0.15, -0.1) is 0 Å². The van der Waals surface area contributed by atoms with Crippen LogP contribution in [0.2, 0.25) is 0 Å². The molecule has 0 saturated carbocycles. The highest BCUT2D eigenvalue weighted by molar-refractivity contribution is 5.02. The second-order valence-corrected chi connectivity index (χ2v) is 2.54. The Labute approximate surface area is 82.3 Å². The van der Waals surface area contributed by atoms with E-state index in [1.807, 2.05) is 13.8 Å². The highest BCUT2D eigenvalue weighted by Gasteiger charge is 2.36. The molecule has 0 aromatic rings. The number of hydrogen-bond donors (Lipinski definition) is 0. The Hall–Kier alpha value is -0.710. The maximum absolute atomic E-state index is 12.1. The first kappa shape index (κ1) is 13.3. The summed E-state index contributed by atoms with van der Waals surface area (Å²) in [6, 6.07) is 0. The Kier molecular flexibility index (Phi) is 5.60. The van der Waals surface area contributed by atoms with Gasteiger partial charge in [-0.2, -0.15) is 13.2 Å². The minimum absolute atomic E-state index is 0.276. The highest BCUT2D eigenvalue weighted by Crippen LogP contribution is 2.27. The Balaban J connectivity index is 0.000000791. The van der Waals surface area contributed by atoms with Gasteiger partial charge in [-0.05, 0) is 0 Å². The molecule has 0 radical (unpaired) electrons. The van der Waals surface area contributed by atoms with Crippen molar-refractivity contribution < 1.29 is 17.9 Å². The smallest absolute Gasteiger partial charge is 0.378 e. The molecular formula is C9H16F3NO. The van der Waals surface area contributed by atoms with Crippen molar-refractivity contribution in [1.82, 2.24) is 4.90 Å². The van der Waals surface area contributed by atoms with Crippen LogP contribution in [-0.4, -0.2) is 37.4 Å². The van der Waals surface area contributed by atoms with Crippen molar-refractivity contribution in [1.29, 1.82) is 0 Å². The minimum Gasteiger partial charge on any atom is -0.378 e. The van der Waals surface area contributed by atoms with Crippen molar-refractivity contribution in [2.45, 2.75) is 20.0 Å². The third kappa shape index (κ3) is 4.00. The fourth-order valence-corrected chi connectivity index (χ4v) is 1.01. The Morgan fingerprint density at radius 2 is 1.64 bits per heavy atom. The van der Waals surface area contributed by atoms with E-state index >= 15 is 0 Å². The second-order valence-electron chi connectivity index (χ2n) is 2.54. The monoisotopic (exact) mass is 211 g/mol. The van der Waals surface area contributed by atoms with Crippen molar-refractivity contribution in [3.63, 3.8) is 0 Å². The van der Waals surface area contributed by atoms with E-state index in [9.17, 15) is 13.2 Å². The van der Waals surface area contributed by atoms with Crippen LogP contribution in [0.4, 0.5) is 13.2 Å². The fraction of sp³-hybridized carbons (Fsp3) is 0.778. The van der Waals surface area contributed by atoms with Crippen molar-refractivity contribution in [3.8, 4) is 0 Å². The van der Waals surface area contributed by atoms with Gasteiger partial charge in [0, 0.05) is 13.1 Å². The first-order valence-corrected chi connectivity index (χ1v) is 4.60. The molecule has 0 aromatic carbocycles. The van der Waals surface area contributed by atoms with Gasteiger partial charge in [0.25, 0.3) is 0 Å². The van der Waals surface area contributed by atoms with Gasteiger partial charge in [-0.25, -0.2) is 0 Å². The van der Waals surface area contributed by atoms with E-state index < -0.39 is 11.9 Å². The van der Waals surface area contributed by atoms with Gasteiger partial charge < -0.3 is 9.64 Å². The lowest BCUT2D eigenvalue weighted by molar-refractivity contribution is -0.117. The topological polar surface area (TPSA) is 12.5 Å². The number of hydrogen-bond acceptors (Lipinski definition) is 2. The molecule has 0 aromatic heterocycles. The number of alkyl halides is 3. The van der Waals surface area contributed by atoms with E-state index in [0.29, 0.717) is 13.2 Å². The van der Waals surface area contributed by atoms with Gasteiger partial charge in [0.05, 0.1) is 13.2 Å². The molecule has 0 spiro atoms. The molecule has 5 heteroatoms. The lowest BCUT2D eigenvalue weighted by Gasteiger charge is -2.31. The molecule has 1 fully saturated rings. The number of morpholine rings is 1. The molecule has 0 bridgehead atoms. The summed E-state index contributed by atoms with van der Waals surface area (Å²) in [5.41, 5.74) is -0.772. The molecule has 0 amide bonds. The average molecular weight is 211 g/mol. The van der Waals surface area contributed by atoms with Crippen LogP contribution in [0.1, 0.15) is 13.8 Å². The molecule has 84 valence electrons. The molecule has 1 aliphatic rings. The zero-order valence-electron chi connectivity index (χ0n) is 8.52. The summed E-state index contributed by atoms with van der Waals surface area (Å²) in [5.74, 6) is 0. The highest BCUT2D eigenvalue weighted by atomic mass is 19.4. The van der Waals surface area contributed by atoms with Gasteiger partial charge in [0.2, 0.25) is 0 Å². The lowest BCUT2D eigenvalue weighted by atomic mass is 10.3. The summed E-state index contributed by atoms with van der Waals surface area (Å²) in [7, 11) is 0. The summed E-state index contributed by atoms with van der Waals surface area (Å²) in [6.07, 6.45) is -4.31. The number of allylic oxidation sites excluding steroid dienone is 1. The van der Waals surface area contributed by atoms with Crippen molar-refractivity contribution in [3.05, 3.63) is 12.3 Å². The van der Waals surface area contributed by atoms with Gasteiger partial charge in [0.1, 0.15) is 5.70 Å². The van der Waals surface area contributed by atoms with Crippen LogP contribution >= 0.6 is 0 Å². The van der Waals surface area contributed by atoms with Crippen LogP contribution in [0.5, 0.6) is 0 Å². The third-order valence-corrected chi connectivity index (χ3v) is 1.72. The standard InChI is InChI=1S/C7H10F3NO.C2H6/c1-6(7(8,9)10)11-2-4-12-5-3-11;1-2/h1-5H2;1-2H3. The predicted octanol–water partition coefficient (Wildman–Crippen LogP) is 2.42. The molecule has 14 heavy (non-hydrogen) atoms. The van der Waals surface area contributed by atoms with E-state index in [-0.39, 0.29) is 13.1 Å². The lowest BCUT2D eigenvalue weighted by Crippen LogP contribution is -2.39. The van der Waals surface area contributed by atoms with Gasteiger partial charge in [-0.1, -0.05) is 20.4 Å². The van der Waals surface area contributed by atoms with Crippen LogP contribution < -0.4 is 0 Å². The Morgan fingerprint density at radius 1 is 1.21 bits per heavy atom. The third-order valence-electron chi connectivity index (χ3n) is 1.72. The van der Waals surface area contributed by atoms with Gasteiger partial charge in [-0.3, -0.25) is 0 Å². The molecule has 1 aliphatic heterocycles. The van der Waals surface area contributed by atoms with Crippen LogP contribution in [0.25, 0.3) is 0 Å². The normalized spacial score (nSPS) is 17.1. The molecule has 2 nitrogen and oxygen atoms in total. The molecule has 0 N–H and O–H groups in total. The largest absolute Gasteiger partial charge is 0.430 e. The van der Waals surface area contributed by atoms with E-state index in [4.69, 9.17) is 4.74 Å². The summed E-state index contributed by atoms with van der Waals surface area (Å²) in [6.45, 7) is 8.23. The van der Waals surface area contributed by atoms with Crippen LogP contribution in [0.3, 0.4) is 0 Å². The number of rotatable bonds is 1. The van der Waals surface area contributed by atoms with Gasteiger partial charge >= 0.3 is 6.18 Å². The van der Waals surface area contributed by atoms with Crippen LogP contribution in [0, 0.1) is 0 Å². The van der Waals surface area contributed by atoms with E-state index in [2.05, 4.69) is 6.58 Å². The van der Waals surface area contributed by atoms with E-state index in [1.54, 1.807) is 0 Å². The van der Waals surface area contributed by atoms with Gasteiger partial charge in [0.15, 0.2) is 0 Å². The number of halogens is 3. The number of ether oxygens (including phenoxy) is 1. The maximum Gasteiger partial charge on any atom is 0.430 e. The molecule has 0 unspecified atom stereocenters. The van der Waals surface area contributed by atoms with Crippen LogP contribution in [0.15, 0.2) is 12.3 Å². The Morgan fingerprint density at radius 3 is 2.00 bits per heavy atom. The summed E-state index contributed by atoms with van der Waals surface area (Å²) < 4.78 is 41.1. The van der Waals surface area contributed by atoms with Crippen LogP contribution in [-0.2, 0) is 4.74 Å². The summed E-state index contributed by atoms with van der Waals surface area (Å²) in [4.78, 5) is 1.20. The fourth-order valence-electron chi connectivity index (χ4n) is 1.01. The zero-order valence-corrected chi connectivity index (χ0v) is 8.52. The molecule has 0 atom stereocenters. The molecular weight excluding hydrogens is 195 g/mol. The average Bonchev–Trinajstić information content (AvgIpc) is 2.20. The first-order chi connectivity index (χ1) is 6.52. The molecule has 0 aliphatic carbocycles.